The lowest BCUT2D eigenvalue weighted by molar-refractivity contribution is 0.0601. The van der Waals surface area contributed by atoms with Crippen LogP contribution in [-0.4, -0.2) is 13.1 Å². The molecule has 1 aromatic heterocycles. The van der Waals surface area contributed by atoms with Crippen LogP contribution >= 0.6 is 22.9 Å². The van der Waals surface area contributed by atoms with Gasteiger partial charge in [0.2, 0.25) is 0 Å². The summed E-state index contributed by atoms with van der Waals surface area (Å²) < 4.78 is 5.47. The highest BCUT2D eigenvalue weighted by atomic mass is 35.5. The van der Waals surface area contributed by atoms with Crippen molar-refractivity contribution < 1.29 is 9.53 Å². The first-order chi connectivity index (χ1) is 9.10. The van der Waals surface area contributed by atoms with Gasteiger partial charge in [-0.25, -0.2) is 4.79 Å². The van der Waals surface area contributed by atoms with Crippen molar-refractivity contribution in [2.75, 3.05) is 12.4 Å². The quantitative estimate of drug-likeness (QED) is 0.852. The number of ether oxygens (including phenoxy) is 1. The number of thiophene rings is 1. The molecule has 2 rings (SSSR count). The molecule has 1 heterocycles. The number of carbonyl (C=O) groups is 1. The fourth-order valence-corrected chi connectivity index (χ4v) is 2.80. The minimum atomic E-state index is -0.338. The third-order valence-electron chi connectivity index (χ3n) is 2.69. The molecule has 5 heteroatoms. The maximum absolute atomic E-state index is 11.5. The van der Waals surface area contributed by atoms with Crippen LogP contribution in [-0.2, 0) is 4.74 Å². The van der Waals surface area contributed by atoms with Crippen LogP contribution in [0.1, 0.15) is 28.2 Å². The monoisotopic (exact) mass is 295 g/mol. The average Bonchev–Trinajstić information content (AvgIpc) is 2.85. The highest BCUT2D eigenvalue weighted by molar-refractivity contribution is 7.16. The molecule has 1 unspecified atom stereocenters. The van der Waals surface area contributed by atoms with Gasteiger partial charge in [0.25, 0.3) is 0 Å². The van der Waals surface area contributed by atoms with Crippen LogP contribution in [0.5, 0.6) is 0 Å². The van der Waals surface area contributed by atoms with Crippen LogP contribution in [0.4, 0.5) is 5.69 Å². The Balaban J connectivity index is 2.12. The van der Waals surface area contributed by atoms with E-state index in [4.69, 9.17) is 16.3 Å². The van der Waals surface area contributed by atoms with Gasteiger partial charge >= 0.3 is 5.97 Å². The zero-order valence-corrected chi connectivity index (χ0v) is 12.2. The molecule has 1 N–H and O–H groups in total. The summed E-state index contributed by atoms with van der Waals surface area (Å²) >= 11 is 7.46. The van der Waals surface area contributed by atoms with Crippen LogP contribution in [0, 0.1) is 0 Å². The molecule has 100 valence electrons. The first-order valence-electron chi connectivity index (χ1n) is 5.80. The summed E-state index contributed by atoms with van der Waals surface area (Å²) in [6.45, 7) is 2.05. The summed E-state index contributed by atoms with van der Waals surface area (Å²) in [6, 6.07) is 11.2. The molecule has 0 radical (unpaired) electrons. The summed E-state index contributed by atoms with van der Waals surface area (Å²) in [5, 5.41) is 3.33. The van der Waals surface area contributed by atoms with E-state index in [0.29, 0.717) is 5.56 Å². The Bertz CT molecular complexity index is 582. The maximum atomic E-state index is 11.5. The summed E-state index contributed by atoms with van der Waals surface area (Å²) in [6.07, 6.45) is 0. The van der Waals surface area contributed by atoms with Crippen molar-refractivity contribution in [2.45, 2.75) is 13.0 Å². The van der Waals surface area contributed by atoms with Crippen molar-refractivity contribution in [3.05, 3.63) is 51.2 Å². The Hall–Kier alpha value is -1.52. The van der Waals surface area contributed by atoms with E-state index >= 15 is 0 Å². The van der Waals surface area contributed by atoms with Gasteiger partial charge in [-0.15, -0.1) is 11.3 Å². The van der Waals surface area contributed by atoms with E-state index in [1.54, 1.807) is 23.5 Å². The number of carbonyl (C=O) groups excluding carboxylic acids is 1. The van der Waals surface area contributed by atoms with Crippen LogP contribution in [0.15, 0.2) is 36.4 Å². The van der Waals surface area contributed by atoms with E-state index in [2.05, 4.69) is 5.32 Å². The second-order valence-corrected chi connectivity index (χ2v) is 5.83. The molecule has 0 spiro atoms. The number of halogens is 1. The van der Waals surface area contributed by atoms with Gasteiger partial charge in [-0.3, -0.25) is 0 Å². The molecule has 1 aromatic carbocycles. The predicted octanol–water partition coefficient (Wildman–Crippen LogP) is 4.36. The van der Waals surface area contributed by atoms with Crippen LogP contribution in [0.3, 0.4) is 0 Å². The maximum Gasteiger partial charge on any atom is 0.337 e. The Morgan fingerprint density at radius 3 is 2.79 bits per heavy atom. The Kier molecular flexibility index (Phi) is 4.45. The minimum absolute atomic E-state index is 0.130. The predicted molar refractivity (Wildman–Crippen MR) is 79.1 cm³/mol. The number of hydrogen-bond donors (Lipinski definition) is 1. The molecule has 0 aliphatic rings. The molecular weight excluding hydrogens is 282 g/mol. The van der Waals surface area contributed by atoms with Crippen molar-refractivity contribution in [1.29, 1.82) is 0 Å². The van der Waals surface area contributed by atoms with Gasteiger partial charge in [-0.05, 0) is 37.3 Å². The van der Waals surface area contributed by atoms with Crippen molar-refractivity contribution in [3.8, 4) is 0 Å². The van der Waals surface area contributed by atoms with Gasteiger partial charge < -0.3 is 10.1 Å². The molecule has 1 atom stereocenters. The minimum Gasteiger partial charge on any atom is -0.465 e. The van der Waals surface area contributed by atoms with Crippen molar-refractivity contribution >= 4 is 34.6 Å². The topological polar surface area (TPSA) is 38.3 Å². The summed E-state index contributed by atoms with van der Waals surface area (Å²) in [7, 11) is 1.37. The summed E-state index contributed by atoms with van der Waals surface area (Å²) in [4.78, 5) is 12.6. The lowest BCUT2D eigenvalue weighted by Crippen LogP contribution is -2.06. The van der Waals surface area contributed by atoms with E-state index in [9.17, 15) is 4.79 Å². The van der Waals surface area contributed by atoms with Crippen LogP contribution < -0.4 is 5.32 Å². The Morgan fingerprint density at radius 2 is 2.16 bits per heavy atom. The zero-order valence-electron chi connectivity index (χ0n) is 10.6. The third kappa shape index (κ3) is 3.49. The summed E-state index contributed by atoms with van der Waals surface area (Å²) in [5.74, 6) is -0.338. The fourth-order valence-electron chi connectivity index (χ4n) is 1.74. The molecule has 0 saturated heterocycles. The molecule has 0 bridgehead atoms. The van der Waals surface area contributed by atoms with Gasteiger partial charge in [0.1, 0.15) is 0 Å². The molecule has 0 aliphatic carbocycles. The van der Waals surface area contributed by atoms with E-state index in [0.717, 1.165) is 14.9 Å². The number of methoxy groups -OCH3 is 1. The molecular formula is C14H14ClNO2S. The van der Waals surface area contributed by atoms with E-state index in [1.807, 2.05) is 31.2 Å². The van der Waals surface area contributed by atoms with Gasteiger partial charge in [-0.1, -0.05) is 17.7 Å². The molecule has 3 nitrogen and oxygen atoms in total. The van der Waals surface area contributed by atoms with Crippen LogP contribution in [0.25, 0.3) is 0 Å². The first-order valence-corrected chi connectivity index (χ1v) is 6.99. The van der Waals surface area contributed by atoms with Gasteiger partial charge in [0, 0.05) is 10.6 Å². The Labute approximate surface area is 121 Å². The number of rotatable bonds is 4. The standard InChI is InChI=1S/C14H14ClNO2S/c1-9(12-6-7-13(15)19-12)16-11-5-3-4-10(8-11)14(17)18-2/h3-9,16H,1-2H3. The number of hydrogen-bond acceptors (Lipinski definition) is 4. The normalized spacial score (nSPS) is 11.9. The summed E-state index contributed by atoms with van der Waals surface area (Å²) in [5.41, 5.74) is 1.41. The molecule has 0 fully saturated rings. The van der Waals surface area contributed by atoms with E-state index in [1.165, 1.54) is 7.11 Å². The number of nitrogens with one attached hydrogen (secondary N) is 1. The number of benzene rings is 1. The number of anilines is 1. The Morgan fingerprint density at radius 1 is 1.37 bits per heavy atom. The van der Waals surface area contributed by atoms with E-state index < -0.39 is 0 Å². The molecule has 2 aromatic rings. The second-order valence-electron chi connectivity index (χ2n) is 4.08. The van der Waals surface area contributed by atoms with Gasteiger partial charge in [-0.2, -0.15) is 0 Å². The van der Waals surface area contributed by atoms with Crippen molar-refractivity contribution in [3.63, 3.8) is 0 Å². The molecule has 0 amide bonds. The van der Waals surface area contributed by atoms with E-state index in [-0.39, 0.29) is 12.0 Å². The largest absolute Gasteiger partial charge is 0.465 e. The lowest BCUT2D eigenvalue weighted by Gasteiger charge is -2.14. The third-order valence-corrected chi connectivity index (χ3v) is 4.10. The fraction of sp³-hybridized carbons (Fsp3) is 0.214. The van der Waals surface area contributed by atoms with Crippen molar-refractivity contribution in [2.24, 2.45) is 0 Å². The van der Waals surface area contributed by atoms with Gasteiger partial charge in [0.05, 0.1) is 23.1 Å². The molecule has 0 saturated carbocycles. The van der Waals surface area contributed by atoms with Crippen molar-refractivity contribution in [1.82, 2.24) is 0 Å². The molecule has 19 heavy (non-hydrogen) atoms. The van der Waals surface area contributed by atoms with Gasteiger partial charge in [0.15, 0.2) is 0 Å². The molecule has 0 aliphatic heterocycles. The highest BCUT2D eigenvalue weighted by Crippen LogP contribution is 2.29. The average molecular weight is 296 g/mol. The highest BCUT2D eigenvalue weighted by Gasteiger charge is 2.10. The lowest BCUT2D eigenvalue weighted by atomic mass is 10.2. The second kappa shape index (κ2) is 6.08. The zero-order chi connectivity index (χ0) is 13.8. The number of esters is 1. The first kappa shape index (κ1) is 13.9. The smallest absolute Gasteiger partial charge is 0.337 e. The SMILES string of the molecule is COC(=O)c1cccc(NC(C)c2ccc(Cl)s2)c1. The van der Waals surface area contributed by atoms with Crippen LogP contribution in [0.2, 0.25) is 4.34 Å².